The van der Waals surface area contributed by atoms with Gasteiger partial charge in [-0.25, -0.2) is 0 Å². The minimum absolute atomic E-state index is 0.193. The van der Waals surface area contributed by atoms with Crippen LogP contribution in [0.15, 0.2) is 18.2 Å². The molecule has 1 unspecified atom stereocenters. The van der Waals surface area contributed by atoms with Crippen molar-refractivity contribution < 1.29 is 19.2 Å². The maximum absolute atomic E-state index is 12.9. The predicted octanol–water partition coefficient (Wildman–Crippen LogP) is 0.695. The molecule has 29 heavy (non-hydrogen) atoms. The molecule has 8 nitrogen and oxygen atoms in total. The molecule has 1 aromatic carbocycles. The highest BCUT2D eigenvalue weighted by Gasteiger charge is 2.40. The van der Waals surface area contributed by atoms with E-state index >= 15 is 0 Å². The van der Waals surface area contributed by atoms with Gasteiger partial charge in [0.2, 0.25) is 11.8 Å². The first-order valence-electron chi connectivity index (χ1n) is 10.2. The zero-order valence-corrected chi connectivity index (χ0v) is 16.3. The fraction of sp³-hybridized carbons (Fsp3) is 0.524. The molecular formula is C21H26N4O4. The first kappa shape index (κ1) is 19.6. The summed E-state index contributed by atoms with van der Waals surface area (Å²) in [4.78, 5) is 50.7. The first-order valence-corrected chi connectivity index (χ1v) is 10.2. The van der Waals surface area contributed by atoms with E-state index in [1.807, 2.05) is 0 Å². The number of benzene rings is 1. The lowest BCUT2D eigenvalue weighted by Gasteiger charge is -2.29. The standard InChI is InChI=1S/C21H26N4O4/c22-13-4-1-3-12(9-13)10-23-19(27)14-5-2-6-15-16(14)11-25(21(15)29)17-7-8-18(26)24-20(17)28/h2,5-6,12-13,17H,1,3-4,7-11,22H2,(H,23,27)(H,24,26,28)/t12-,13+,17?/m0/s1. The molecule has 0 bridgehead atoms. The van der Waals surface area contributed by atoms with Crippen molar-refractivity contribution in [2.75, 3.05) is 6.54 Å². The maximum Gasteiger partial charge on any atom is 0.255 e. The van der Waals surface area contributed by atoms with Crippen LogP contribution in [0.4, 0.5) is 0 Å². The molecule has 1 aromatic rings. The van der Waals surface area contributed by atoms with Crippen LogP contribution in [0.3, 0.4) is 0 Å². The number of fused-ring (bicyclic) bond motifs is 1. The third-order valence-electron chi connectivity index (χ3n) is 6.20. The van der Waals surface area contributed by atoms with Gasteiger partial charge in [0.15, 0.2) is 0 Å². The van der Waals surface area contributed by atoms with Gasteiger partial charge in [0, 0.05) is 36.7 Å². The summed E-state index contributed by atoms with van der Waals surface area (Å²) in [5.41, 5.74) is 7.58. The molecule has 4 N–H and O–H groups in total. The Morgan fingerprint density at radius 3 is 2.79 bits per heavy atom. The van der Waals surface area contributed by atoms with Gasteiger partial charge in [0.05, 0.1) is 0 Å². The van der Waals surface area contributed by atoms with Gasteiger partial charge in [-0.05, 0) is 49.3 Å². The van der Waals surface area contributed by atoms with Crippen molar-refractivity contribution in [2.24, 2.45) is 11.7 Å². The first-order chi connectivity index (χ1) is 13.9. The van der Waals surface area contributed by atoms with Crippen molar-refractivity contribution in [3.63, 3.8) is 0 Å². The summed E-state index contributed by atoms with van der Waals surface area (Å²) in [6, 6.07) is 4.59. The van der Waals surface area contributed by atoms with E-state index in [-0.39, 0.29) is 36.7 Å². The molecule has 4 amide bonds. The minimum Gasteiger partial charge on any atom is -0.352 e. The quantitative estimate of drug-likeness (QED) is 0.645. The van der Waals surface area contributed by atoms with Crippen molar-refractivity contribution in [2.45, 2.75) is 57.2 Å². The lowest BCUT2D eigenvalue weighted by Crippen LogP contribution is -2.52. The molecule has 3 atom stereocenters. The molecule has 1 saturated carbocycles. The molecule has 154 valence electrons. The summed E-state index contributed by atoms with van der Waals surface area (Å²) in [5, 5.41) is 5.28. The number of carbonyl (C=O) groups excluding carboxylic acids is 4. The molecule has 0 spiro atoms. The number of nitrogens with zero attached hydrogens (tertiary/aromatic N) is 1. The highest BCUT2D eigenvalue weighted by molar-refractivity contribution is 6.07. The summed E-state index contributed by atoms with van der Waals surface area (Å²) in [5.74, 6) is -0.887. The summed E-state index contributed by atoms with van der Waals surface area (Å²) in [6.07, 6.45) is 4.59. The second kappa shape index (κ2) is 7.94. The Morgan fingerprint density at radius 2 is 2.03 bits per heavy atom. The third kappa shape index (κ3) is 3.89. The fourth-order valence-corrected chi connectivity index (χ4v) is 4.65. The minimum atomic E-state index is -0.688. The fourth-order valence-electron chi connectivity index (χ4n) is 4.65. The van der Waals surface area contributed by atoms with Crippen LogP contribution >= 0.6 is 0 Å². The highest BCUT2D eigenvalue weighted by atomic mass is 16.2. The Labute approximate surface area is 169 Å². The Bertz CT molecular complexity index is 868. The Hall–Kier alpha value is -2.74. The third-order valence-corrected chi connectivity index (χ3v) is 6.20. The van der Waals surface area contributed by atoms with Gasteiger partial charge in [-0.15, -0.1) is 0 Å². The zero-order chi connectivity index (χ0) is 20.5. The number of hydrogen-bond donors (Lipinski definition) is 3. The van der Waals surface area contributed by atoms with Crippen molar-refractivity contribution in [1.82, 2.24) is 15.5 Å². The lowest BCUT2D eigenvalue weighted by molar-refractivity contribution is -0.136. The van der Waals surface area contributed by atoms with Crippen LogP contribution in [-0.2, 0) is 16.1 Å². The van der Waals surface area contributed by atoms with Gasteiger partial charge >= 0.3 is 0 Å². The molecule has 0 aromatic heterocycles. The van der Waals surface area contributed by atoms with Gasteiger partial charge < -0.3 is 16.0 Å². The SMILES string of the molecule is N[C@@H]1CCC[C@H](CNC(=O)c2cccc3c2CN(C2CCC(=O)NC2=O)C3=O)C1. The number of hydrogen-bond acceptors (Lipinski definition) is 5. The molecule has 3 aliphatic rings. The number of nitrogens with two attached hydrogens (primary N) is 1. The van der Waals surface area contributed by atoms with Gasteiger partial charge in [-0.3, -0.25) is 24.5 Å². The monoisotopic (exact) mass is 398 g/mol. The Kier molecular flexibility index (Phi) is 5.36. The number of imide groups is 1. The second-order valence-corrected chi connectivity index (χ2v) is 8.23. The predicted molar refractivity (Wildman–Crippen MR) is 105 cm³/mol. The van der Waals surface area contributed by atoms with Crippen LogP contribution in [0.2, 0.25) is 0 Å². The van der Waals surface area contributed by atoms with E-state index in [0.29, 0.717) is 35.6 Å². The van der Waals surface area contributed by atoms with Crippen LogP contribution in [0, 0.1) is 5.92 Å². The van der Waals surface area contributed by atoms with Crippen molar-refractivity contribution >= 4 is 23.6 Å². The molecule has 4 rings (SSSR count). The van der Waals surface area contributed by atoms with Gasteiger partial charge in [0.1, 0.15) is 6.04 Å². The maximum atomic E-state index is 12.9. The lowest BCUT2D eigenvalue weighted by atomic mass is 9.86. The Balaban J connectivity index is 1.47. The van der Waals surface area contributed by atoms with Crippen molar-refractivity contribution in [3.8, 4) is 0 Å². The smallest absolute Gasteiger partial charge is 0.255 e. The van der Waals surface area contributed by atoms with Gasteiger partial charge in [0.25, 0.3) is 11.8 Å². The van der Waals surface area contributed by atoms with Crippen molar-refractivity contribution in [1.29, 1.82) is 0 Å². The van der Waals surface area contributed by atoms with E-state index in [1.54, 1.807) is 18.2 Å². The molecule has 2 heterocycles. The number of piperidine rings is 1. The number of amides is 4. The molecule has 8 heteroatoms. The summed E-state index contributed by atoms with van der Waals surface area (Å²) >= 11 is 0. The highest BCUT2D eigenvalue weighted by Crippen LogP contribution is 2.30. The summed E-state index contributed by atoms with van der Waals surface area (Å²) in [7, 11) is 0. The number of rotatable bonds is 4. The van der Waals surface area contributed by atoms with Crippen LogP contribution in [-0.4, -0.2) is 47.2 Å². The van der Waals surface area contributed by atoms with E-state index in [9.17, 15) is 19.2 Å². The average Bonchev–Trinajstić information content (AvgIpc) is 3.03. The van der Waals surface area contributed by atoms with Gasteiger partial charge in [-0.1, -0.05) is 12.5 Å². The van der Waals surface area contributed by atoms with E-state index < -0.39 is 11.9 Å². The molecule has 0 radical (unpaired) electrons. The van der Waals surface area contributed by atoms with E-state index in [2.05, 4.69) is 10.6 Å². The summed E-state index contributed by atoms with van der Waals surface area (Å²) < 4.78 is 0. The zero-order valence-electron chi connectivity index (χ0n) is 16.3. The molecule has 2 fully saturated rings. The second-order valence-electron chi connectivity index (χ2n) is 8.23. The van der Waals surface area contributed by atoms with Crippen LogP contribution in [0.25, 0.3) is 0 Å². The number of carbonyl (C=O) groups is 4. The largest absolute Gasteiger partial charge is 0.352 e. The normalized spacial score (nSPS) is 26.9. The van der Waals surface area contributed by atoms with Crippen LogP contribution in [0.5, 0.6) is 0 Å². The van der Waals surface area contributed by atoms with E-state index in [1.165, 1.54) is 4.90 Å². The topological polar surface area (TPSA) is 122 Å². The molecule has 1 saturated heterocycles. The average molecular weight is 398 g/mol. The van der Waals surface area contributed by atoms with Crippen LogP contribution < -0.4 is 16.4 Å². The van der Waals surface area contributed by atoms with E-state index in [4.69, 9.17) is 5.73 Å². The number of nitrogens with one attached hydrogen (secondary N) is 2. The molecule has 2 aliphatic heterocycles. The van der Waals surface area contributed by atoms with Crippen LogP contribution in [0.1, 0.15) is 64.8 Å². The van der Waals surface area contributed by atoms with Crippen molar-refractivity contribution in [3.05, 3.63) is 34.9 Å². The molecular weight excluding hydrogens is 372 g/mol. The van der Waals surface area contributed by atoms with E-state index in [0.717, 1.165) is 25.7 Å². The molecule has 1 aliphatic carbocycles. The Morgan fingerprint density at radius 1 is 1.21 bits per heavy atom. The van der Waals surface area contributed by atoms with Gasteiger partial charge in [-0.2, -0.15) is 0 Å². The summed E-state index contributed by atoms with van der Waals surface area (Å²) in [6.45, 7) is 0.763.